The average Bonchev–Trinajstić information content (AvgIpc) is 2.60. The summed E-state index contributed by atoms with van der Waals surface area (Å²) in [5.41, 5.74) is 10.5. The van der Waals surface area contributed by atoms with Crippen LogP contribution in [0.15, 0.2) is 42.7 Å². The minimum atomic E-state index is -0.304. The molecule has 3 heteroatoms. The van der Waals surface area contributed by atoms with Crippen molar-refractivity contribution in [3.63, 3.8) is 0 Å². The predicted octanol–water partition coefficient (Wildman–Crippen LogP) is 3.46. The summed E-state index contributed by atoms with van der Waals surface area (Å²) in [5, 5.41) is 0. The summed E-state index contributed by atoms with van der Waals surface area (Å²) >= 11 is 0. The van der Waals surface area contributed by atoms with Crippen molar-refractivity contribution in [1.29, 1.82) is 0 Å². The number of methoxy groups -OCH3 is 1. The van der Waals surface area contributed by atoms with Gasteiger partial charge in [0.05, 0.1) is 7.11 Å². The molecule has 0 amide bonds. The number of hydrogen-bond acceptors (Lipinski definition) is 3. The zero-order valence-electron chi connectivity index (χ0n) is 13.4. The second-order valence-corrected chi connectivity index (χ2v) is 6.17. The zero-order valence-corrected chi connectivity index (χ0v) is 13.4. The van der Waals surface area contributed by atoms with Crippen LogP contribution < -0.4 is 10.5 Å². The monoisotopic (exact) mass is 296 g/mol. The van der Waals surface area contributed by atoms with Gasteiger partial charge < -0.3 is 10.5 Å². The van der Waals surface area contributed by atoms with Crippen molar-refractivity contribution in [2.45, 2.75) is 38.1 Å². The van der Waals surface area contributed by atoms with Crippen LogP contribution in [0.25, 0.3) is 0 Å². The lowest BCUT2D eigenvalue weighted by Crippen LogP contribution is -2.46. The third-order valence-corrected chi connectivity index (χ3v) is 5.19. The number of nitrogens with two attached hydrogens (primary N) is 1. The molecule has 2 unspecified atom stereocenters. The van der Waals surface area contributed by atoms with E-state index in [2.05, 4.69) is 42.2 Å². The van der Waals surface area contributed by atoms with E-state index in [9.17, 15) is 0 Å². The second kappa shape index (κ2) is 6.09. The highest BCUT2D eigenvalue weighted by Gasteiger charge is 2.37. The quantitative estimate of drug-likeness (QED) is 0.940. The molecule has 0 saturated carbocycles. The molecule has 2 aromatic rings. The van der Waals surface area contributed by atoms with Gasteiger partial charge in [-0.15, -0.1) is 0 Å². The Labute approximate surface area is 132 Å². The Morgan fingerprint density at radius 3 is 2.73 bits per heavy atom. The summed E-state index contributed by atoms with van der Waals surface area (Å²) in [6.07, 6.45) is 7.76. The minimum absolute atomic E-state index is 0.304. The molecule has 1 aliphatic carbocycles. The van der Waals surface area contributed by atoms with Crippen molar-refractivity contribution in [1.82, 2.24) is 4.98 Å². The first kappa shape index (κ1) is 15.0. The van der Waals surface area contributed by atoms with Crippen LogP contribution in [-0.2, 0) is 18.4 Å². The summed E-state index contributed by atoms with van der Waals surface area (Å²) in [4.78, 5) is 4.13. The van der Waals surface area contributed by atoms with Crippen molar-refractivity contribution in [2.24, 2.45) is 11.7 Å². The van der Waals surface area contributed by atoms with Crippen LogP contribution >= 0.6 is 0 Å². The highest BCUT2D eigenvalue weighted by atomic mass is 16.5. The van der Waals surface area contributed by atoms with Crippen LogP contribution in [0.1, 0.15) is 36.5 Å². The fourth-order valence-electron chi connectivity index (χ4n) is 3.78. The van der Waals surface area contributed by atoms with Crippen molar-refractivity contribution >= 4 is 0 Å². The number of rotatable bonds is 4. The molecule has 0 radical (unpaired) electrons. The van der Waals surface area contributed by atoms with Crippen molar-refractivity contribution in [3.05, 3.63) is 59.4 Å². The number of aryl methyl sites for hydroxylation is 1. The topological polar surface area (TPSA) is 48.1 Å². The van der Waals surface area contributed by atoms with Gasteiger partial charge in [-0.3, -0.25) is 4.98 Å². The van der Waals surface area contributed by atoms with Gasteiger partial charge in [0, 0.05) is 17.9 Å². The van der Waals surface area contributed by atoms with Crippen LogP contribution in [0.5, 0.6) is 5.75 Å². The Balaban J connectivity index is 1.96. The van der Waals surface area contributed by atoms with Gasteiger partial charge in [-0.1, -0.05) is 19.1 Å². The van der Waals surface area contributed by atoms with Crippen molar-refractivity contribution in [2.75, 3.05) is 7.11 Å². The normalized spacial score (nSPS) is 20.0. The highest BCUT2D eigenvalue weighted by molar-refractivity contribution is 5.43. The van der Waals surface area contributed by atoms with E-state index in [1.165, 1.54) is 16.7 Å². The fraction of sp³-hybridized carbons (Fsp3) is 0.421. The number of benzene rings is 1. The zero-order chi connectivity index (χ0) is 15.6. The molecule has 1 aromatic carbocycles. The van der Waals surface area contributed by atoms with Crippen LogP contribution in [-0.4, -0.2) is 12.1 Å². The van der Waals surface area contributed by atoms with E-state index in [0.717, 1.165) is 31.4 Å². The molecule has 2 N–H and O–H groups in total. The lowest BCUT2D eigenvalue weighted by atomic mass is 9.69. The Morgan fingerprint density at radius 2 is 2.05 bits per heavy atom. The number of fused-ring (bicyclic) bond motifs is 1. The minimum Gasteiger partial charge on any atom is -0.496 e. The van der Waals surface area contributed by atoms with Gasteiger partial charge in [-0.25, -0.2) is 0 Å². The first-order valence-electron chi connectivity index (χ1n) is 8.03. The summed E-state index contributed by atoms with van der Waals surface area (Å²) in [7, 11) is 1.75. The fourth-order valence-corrected chi connectivity index (χ4v) is 3.78. The van der Waals surface area contributed by atoms with E-state index in [1.54, 1.807) is 7.11 Å². The molecule has 1 heterocycles. The molecule has 0 aliphatic heterocycles. The molecule has 3 rings (SSSR count). The highest BCUT2D eigenvalue weighted by Crippen LogP contribution is 2.41. The maximum atomic E-state index is 6.87. The third-order valence-electron chi connectivity index (χ3n) is 5.19. The molecule has 0 fully saturated rings. The summed E-state index contributed by atoms with van der Waals surface area (Å²) in [6, 6.07) is 10.5. The standard InChI is InChI=1S/C19H24N2O/c1-3-19(20,15-9-11-21-12-10-15)16-8-7-14-5-4-6-18(22-2)17(14)13-16/h4-6,9-12,16H,3,7-8,13,20H2,1-2H3. The lowest BCUT2D eigenvalue weighted by molar-refractivity contribution is 0.235. The molecule has 1 aliphatic rings. The molecular formula is C19H24N2O. The lowest BCUT2D eigenvalue weighted by Gasteiger charge is -2.40. The van der Waals surface area contributed by atoms with Gasteiger partial charge in [-0.2, -0.15) is 0 Å². The first-order valence-corrected chi connectivity index (χ1v) is 8.03. The van der Waals surface area contributed by atoms with Gasteiger partial charge in [0.2, 0.25) is 0 Å². The average molecular weight is 296 g/mol. The van der Waals surface area contributed by atoms with Gasteiger partial charge in [-0.05, 0) is 66.5 Å². The first-order chi connectivity index (χ1) is 10.7. The maximum absolute atomic E-state index is 6.87. The van der Waals surface area contributed by atoms with E-state index in [-0.39, 0.29) is 5.54 Å². The Bertz CT molecular complexity index is 627. The van der Waals surface area contributed by atoms with E-state index in [1.807, 2.05) is 12.4 Å². The third kappa shape index (κ3) is 2.50. The van der Waals surface area contributed by atoms with Crippen molar-refractivity contribution in [3.8, 4) is 5.75 Å². The number of pyridine rings is 1. The summed E-state index contributed by atoms with van der Waals surface area (Å²) in [5.74, 6) is 1.42. The second-order valence-electron chi connectivity index (χ2n) is 6.17. The van der Waals surface area contributed by atoms with E-state index in [0.29, 0.717) is 5.92 Å². The molecular weight excluding hydrogens is 272 g/mol. The number of ether oxygens (including phenoxy) is 1. The molecule has 1 aromatic heterocycles. The largest absolute Gasteiger partial charge is 0.496 e. The van der Waals surface area contributed by atoms with Gasteiger partial charge in [0.15, 0.2) is 0 Å². The summed E-state index contributed by atoms with van der Waals surface area (Å²) in [6.45, 7) is 2.18. The maximum Gasteiger partial charge on any atom is 0.122 e. The smallest absolute Gasteiger partial charge is 0.122 e. The molecule has 22 heavy (non-hydrogen) atoms. The van der Waals surface area contributed by atoms with Crippen LogP contribution in [0.3, 0.4) is 0 Å². The number of nitrogens with zero attached hydrogens (tertiary/aromatic N) is 1. The molecule has 2 atom stereocenters. The number of aromatic nitrogens is 1. The van der Waals surface area contributed by atoms with Gasteiger partial charge in [0.1, 0.15) is 5.75 Å². The van der Waals surface area contributed by atoms with Crippen LogP contribution in [0.2, 0.25) is 0 Å². The van der Waals surface area contributed by atoms with Gasteiger partial charge in [0.25, 0.3) is 0 Å². The van der Waals surface area contributed by atoms with Gasteiger partial charge >= 0.3 is 0 Å². The molecule has 0 saturated heterocycles. The Kier molecular flexibility index (Phi) is 4.16. The van der Waals surface area contributed by atoms with E-state index < -0.39 is 0 Å². The number of hydrogen-bond donors (Lipinski definition) is 1. The van der Waals surface area contributed by atoms with E-state index >= 15 is 0 Å². The Hall–Kier alpha value is -1.87. The van der Waals surface area contributed by atoms with Crippen LogP contribution in [0.4, 0.5) is 0 Å². The SMILES string of the molecule is CCC(N)(c1ccncc1)C1CCc2cccc(OC)c2C1. The van der Waals surface area contributed by atoms with Crippen molar-refractivity contribution < 1.29 is 4.74 Å². The van der Waals surface area contributed by atoms with Crippen LogP contribution in [0, 0.1) is 5.92 Å². The van der Waals surface area contributed by atoms with E-state index in [4.69, 9.17) is 10.5 Å². The molecule has 0 spiro atoms. The molecule has 3 nitrogen and oxygen atoms in total. The Morgan fingerprint density at radius 1 is 1.27 bits per heavy atom. The predicted molar refractivity (Wildman–Crippen MR) is 88.9 cm³/mol. The molecule has 0 bridgehead atoms. The molecule has 116 valence electrons. The summed E-state index contributed by atoms with van der Waals surface area (Å²) < 4.78 is 5.56.